The van der Waals surface area contributed by atoms with Gasteiger partial charge in [-0.1, -0.05) is 244 Å². The zero-order valence-electron chi connectivity index (χ0n) is 39.8. The van der Waals surface area contributed by atoms with E-state index in [0.717, 1.165) is 17.1 Å². The maximum absolute atomic E-state index is 2.51. The van der Waals surface area contributed by atoms with Gasteiger partial charge in [0.15, 0.2) is 0 Å². The van der Waals surface area contributed by atoms with Crippen molar-refractivity contribution in [3.8, 4) is 44.5 Å². The summed E-state index contributed by atoms with van der Waals surface area (Å²) in [6, 6.07) is 97.5. The zero-order chi connectivity index (χ0) is 47.3. The van der Waals surface area contributed by atoms with Crippen molar-refractivity contribution in [1.29, 1.82) is 0 Å². The first-order valence-electron chi connectivity index (χ1n) is 24.9. The molecule has 12 aromatic carbocycles. The monoisotopic (exact) mass is 903 g/mol. The Morgan fingerprint density at radius 2 is 0.831 bits per heavy atom. The minimum absolute atomic E-state index is 0.104. The van der Waals surface area contributed by atoms with E-state index < -0.39 is 5.41 Å². The average molecular weight is 904 g/mol. The van der Waals surface area contributed by atoms with E-state index in [1.54, 1.807) is 0 Å². The molecule has 2 aliphatic carbocycles. The standard InChI is InChI=1S/C70H49N/c1-69(2)62-33-17-16-31-60(62)68-61(32-19-35-64(68)69)67-54-27-12-9-20-46(54)38-42-55(67)47-36-39-51(40-37-47)71(66-44-48-21-10-11-26-53(48)56-28-13-14-30-59(56)66)52-41-43-58-57-29-15-18-34-63(57)70(65(58)45-52,49-22-5-3-6-23-49)50-24-7-4-8-25-50/h3-45H,1-2H3. The second-order valence-electron chi connectivity index (χ2n) is 19.9. The van der Waals surface area contributed by atoms with Gasteiger partial charge in [-0.25, -0.2) is 0 Å². The van der Waals surface area contributed by atoms with Gasteiger partial charge in [0.1, 0.15) is 0 Å². The van der Waals surface area contributed by atoms with E-state index in [0.29, 0.717) is 0 Å². The number of fused-ring (bicyclic) bond motifs is 10. The fourth-order valence-corrected chi connectivity index (χ4v) is 12.8. The Kier molecular flexibility index (Phi) is 9.22. The smallest absolute Gasteiger partial charge is 0.0714 e. The molecule has 71 heavy (non-hydrogen) atoms. The second kappa shape index (κ2) is 15.9. The molecular weight excluding hydrogens is 855 g/mol. The maximum Gasteiger partial charge on any atom is 0.0714 e. The molecule has 0 heterocycles. The molecule has 14 rings (SSSR count). The maximum atomic E-state index is 2.51. The van der Waals surface area contributed by atoms with Gasteiger partial charge in [-0.05, 0) is 135 Å². The summed E-state index contributed by atoms with van der Waals surface area (Å²) < 4.78 is 0. The summed E-state index contributed by atoms with van der Waals surface area (Å²) in [5.74, 6) is 0. The van der Waals surface area contributed by atoms with Crippen molar-refractivity contribution >= 4 is 49.4 Å². The molecule has 0 amide bonds. The molecule has 0 aliphatic heterocycles. The van der Waals surface area contributed by atoms with E-state index >= 15 is 0 Å². The van der Waals surface area contributed by atoms with Crippen LogP contribution in [0.1, 0.15) is 47.2 Å². The lowest BCUT2D eigenvalue weighted by Crippen LogP contribution is -2.28. The Hall–Kier alpha value is -8.78. The summed E-state index contributed by atoms with van der Waals surface area (Å²) in [7, 11) is 0. The number of anilines is 3. The van der Waals surface area contributed by atoms with Crippen molar-refractivity contribution in [3.63, 3.8) is 0 Å². The number of hydrogen-bond donors (Lipinski definition) is 0. The lowest BCUT2D eigenvalue weighted by molar-refractivity contribution is 0.660. The van der Waals surface area contributed by atoms with Gasteiger partial charge in [-0.15, -0.1) is 0 Å². The van der Waals surface area contributed by atoms with Crippen molar-refractivity contribution in [1.82, 2.24) is 0 Å². The van der Waals surface area contributed by atoms with E-state index in [4.69, 9.17) is 0 Å². The van der Waals surface area contributed by atoms with Crippen LogP contribution in [0.4, 0.5) is 17.1 Å². The Balaban J connectivity index is 1.00. The van der Waals surface area contributed by atoms with Crippen molar-refractivity contribution in [3.05, 3.63) is 294 Å². The van der Waals surface area contributed by atoms with Gasteiger partial charge in [0.2, 0.25) is 0 Å². The van der Waals surface area contributed by atoms with Gasteiger partial charge in [-0.3, -0.25) is 0 Å². The number of hydrogen-bond acceptors (Lipinski definition) is 1. The van der Waals surface area contributed by atoms with Gasteiger partial charge >= 0.3 is 0 Å². The number of benzene rings is 12. The number of rotatable bonds is 7. The van der Waals surface area contributed by atoms with Crippen LogP contribution in [0.25, 0.3) is 76.8 Å². The van der Waals surface area contributed by atoms with Crippen LogP contribution < -0.4 is 4.90 Å². The molecule has 0 bridgehead atoms. The van der Waals surface area contributed by atoms with Gasteiger partial charge in [0.05, 0.1) is 11.1 Å². The highest BCUT2D eigenvalue weighted by molar-refractivity contribution is 6.15. The molecule has 0 spiro atoms. The molecule has 334 valence electrons. The molecule has 12 aromatic rings. The molecule has 2 aliphatic rings. The minimum Gasteiger partial charge on any atom is -0.310 e. The Bertz CT molecular complexity index is 4030. The normalized spacial score (nSPS) is 13.7. The first-order chi connectivity index (χ1) is 35.0. The SMILES string of the molecule is CC1(C)c2ccccc2-c2c(-c3c(-c4ccc(N(c5ccc6c(c5)C(c5ccccc5)(c5ccccc5)c5ccccc5-6)c5cc6ccccc6c6ccccc56)cc4)ccc4ccccc34)cccc21. The van der Waals surface area contributed by atoms with Crippen LogP contribution in [0.3, 0.4) is 0 Å². The molecule has 0 radical (unpaired) electrons. The third-order valence-corrected chi connectivity index (χ3v) is 15.9. The van der Waals surface area contributed by atoms with E-state index in [2.05, 4.69) is 280 Å². The quantitative estimate of drug-likeness (QED) is 0.144. The predicted molar refractivity (Wildman–Crippen MR) is 299 cm³/mol. The second-order valence-corrected chi connectivity index (χ2v) is 19.9. The zero-order valence-corrected chi connectivity index (χ0v) is 39.8. The highest BCUT2D eigenvalue weighted by atomic mass is 15.1. The van der Waals surface area contributed by atoms with E-state index in [1.807, 2.05) is 0 Å². The lowest BCUT2D eigenvalue weighted by atomic mass is 9.67. The highest BCUT2D eigenvalue weighted by Gasteiger charge is 2.46. The van der Waals surface area contributed by atoms with Crippen LogP contribution in [0.5, 0.6) is 0 Å². The molecule has 0 unspecified atom stereocenters. The topological polar surface area (TPSA) is 3.24 Å². The van der Waals surface area contributed by atoms with Crippen LogP contribution in [-0.4, -0.2) is 0 Å². The fourth-order valence-electron chi connectivity index (χ4n) is 12.8. The van der Waals surface area contributed by atoms with Crippen LogP contribution in [-0.2, 0) is 10.8 Å². The highest BCUT2D eigenvalue weighted by Crippen LogP contribution is 2.58. The Labute approximate surface area is 415 Å². The minimum atomic E-state index is -0.536. The first kappa shape index (κ1) is 41.2. The van der Waals surface area contributed by atoms with E-state index in [1.165, 1.54) is 110 Å². The molecule has 0 saturated carbocycles. The van der Waals surface area contributed by atoms with Crippen LogP contribution >= 0.6 is 0 Å². The molecule has 0 fully saturated rings. The van der Waals surface area contributed by atoms with Crippen LogP contribution in [0.15, 0.2) is 261 Å². The largest absolute Gasteiger partial charge is 0.310 e. The fraction of sp³-hybridized carbons (Fsp3) is 0.0571. The summed E-state index contributed by atoms with van der Waals surface area (Å²) >= 11 is 0. The predicted octanol–water partition coefficient (Wildman–Crippen LogP) is 18.6. The van der Waals surface area contributed by atoms with Gasteiger partial charge in [0, 0.05) is 22.2 Å². The third kappa shape index (κ3) is 6.06. The molecule has 0 N–H and O–H groups in total. The van der Waals surface area contributed by atoms with Gasteiger partial charge in [0.25, 0.3) is 0 Å². The molecule has 0 aromatic heterocycles. The summed E-state index contributed by atoms with van der Waals surface area (Å²) in [6.45, 7) is 4.75. The summed E-state index contributed by atoms with van der Waals surface area (Å²) in [4.78, 5) is 2.51. The summed E-state index contributed by atoms with van der Waals surface area (Å²) in [6.07, 6.45) is 0. The van der Waals surface area contributed by atoms with Crippen LogP contribution in [0.2, 0.25) is 0 Å². The Morgan fingerprint density at radius 3 is 1.58 bits per heavy atom. The number of nitrogens with zero attached hydrogens (tertiary/aromatic N) is 1. The molecule has 0 saturated heterocycles. The average Bonchev–Trinajstić information content (AvgIpc) is 3.86. The van der Waals surface area contributed by atoms with Crippen LogP contribution in [0, 0.1) is 0 Å². The van der Waals surface area contributed by atoms with Gasteiger partial charge in [-0.2, -0.15) is 0 Å². The molecular formula is C70H49N. The van der Waals surface area contributed by atoms with Crippen molar-refractivity contribution in [2.24, 2.45) is 0 Å². The first-order valence-corrected chi connectivity index (χ1v) is 24.9. The molecule has 0 atom stereocenters. The molecule has 1 heteroatoms. The summed E-state index contributed by atoms with van der Waals surface area (Å²) in [5.41, 5.74) is 20.7. The van der Waals surface area contributed by atoms with Crippen molar-refractivity contribution < 1.29 is 0 Å². The van der Waals surface area contributed by atoms with E-state index in [9.17, 15) is 0 Å². The van der Waals surface area contributed by atoms with Crippen molar-refractivity contribution in [2.75, 3.05) is 4.90 Å². The Morgan fingerprint density at radius 1 is 0.296 bits per heavy atom. The molecule has 1 nitrogen and oxygen atoms in total. The van der Waals surface area contributed by atoms with Gasteiger partial charge < -0.3 is 4.90 Å². The van der Waals surface area contributed by atoms with Crippen molar-refractivity contribution in [2.45, 2.75) is 24.7 Å². The van der Waals surface area contributed by atoms with E-state index in [-0.39, 0.29) is 5.41 Å². The summed E-state index contributed by atoms with van der Waals surface area (Å²) in [5, 5.41) is 7.39. The lowest BCUT2D eigenvalue weighted by Gasteiger charge is -2.35. The third-order valence-electron chi connectivity index (χ3n) is 15.9.